The third-order valence-electron chi connectivity index (χ3n) is 2.70. The summed E-state index contributed by atoms with van der Waals surface area (Å²) in [6.07, 6.45) is 2.03. The number of rotatable bonds is 2. The van der Waals surface area contributed by atoms with E-state index in [1.807, 2.05) is 7.05 Å². The van der Waals surface area contributed by atoms with Crippen LogP contribution in [0.15, 0.2) is 0 Å². The zero-order valence-electron chi connectivity index (χ0n) is 8.30. The fourth-order valence-corrected chi connectivity index (χ4v) is 1.54. The number of nitrogens with two attached hydrogens (primary N) is 1. The average Bonchev–Trinajstić information content (AvgIpc) is 2.05. The van der Waals surface area contributed by atoms with Crippen LogP contribution in [-0.2, 0) is 0 Å². The first-order valence-electron chi connectivity index (χ1n) is 4.47. The van der Waals surface area contributed by atoms with Crippen molar-refractivity contribution in [2.24, 2.45) is 5.73 Å². The average molecular weight is 172 g/mol. The van der Waals surface area contributed by atoms with Gasteiger partial charge in [-0.25, -0.2) is 10.0 Å². The zero-order chi connectivity index (χ0) is 9.19. The predicted octanol–water partition coefficient (Wildman–Crippen LogP) is -0.567. The first kappa shape index (κ1) is 9.92. The molecule has 0 amide bonds. The summed E-state index contributed by atoms with van der Waals surface area (Å²) < 4.78 is 0. The van der Waals surface area contributed by atoms with Gasteiger partial charge >= 0.3 is 0 Å². The summed E-state index contributed by atoms with van der Waals surface area (Å²) in [5.74, 6) is 0. The quantitative estimate of drug-likeness (QED) is 0.548. The maximum Gasteiger partial charge on any atom is 0.0685 e. The van der Waals surface area contributed by atoms with Crippen molar-refractivity contribution < 1.29 is 0 Å². The molecule has 1 heterocycles. The molecule has 0 radical (unpaired) electrons. The second-order valence-electron chi connectivity index (χ2n) is 3.71. The van der Waals surface area contributed by atoms with E-state index in [1.165, 1.54) is 0 Å². The molecule has 1 saturated heterocycles. The Hall–Kier alpha value is -0.160. The van der Waals surface area contributed by atoms with Gasteiger partial charge in [0.2, 0.25) is 0 Å². The van der Waals surface area contributed by atoms with Crippen LogP contribution >= 0.6 is 0 Å². The van der Waals surface area contributed by atoms with E-state index in [0.29, 0.717) is 0 Å². The Morgan fingerprint density at radius 1 is 1.33 bits per heavy atom. The van der Waals surface area contributed by atoms with Crippen LogP contribution in [0.5, 0.6) is 0 Å². The predicted molar refractivity (Wildman–Crippen MR) is 50.5 cm³/mol. The largest absolute Gasteiger partial charge is 0.313 e. The minimum absolute atomic E-state index is 0.132. The van der Waals surface area contributed by atoms with E-state index < -0.39 is 0 Å². The van der Waals surface area contributed by atoms with Crippen molar-refractivity contribution in [1.82, 2.24) is 15.3 Å². The fraction of sp³-hybridized carbons (Fsp3) is 1.00. The number of hydrogen-bond donors (Lipinski definition) is 2. The number of nitrogens with one attached hydrogen (secondary N) is 1. The molecule has 72 valence electrons. The molecule has 0 unspecified atom stereocenters. The summed E-state index contributed by atoms with van der Waals surface area (Å²) >= 11 is 0. The molecule has 1 rings (SSSR count). The molecule has 0 bridgehead atoms. The van der Waals surface area contributed by atoms with Crippen molar-refractivity contribution in [3.8, 4) is 0 Å². The van der Waals surface area contributed by atoms with Gasteiger partial charge in [0, 0.05) is 27.2 Å². The maximum atomic E-state index is 6.06. The van der Waals surface area contributed by atoms with Crippen molar-refractivity contribution in [3.63, 3.8) is 0 Å². The Morgan fingerprint density at radius 3 is 2.17 bits per heavy atom. The molecule has 0 spiro atoms. The number of hydrazine groups is 1. The lowest BCUT2D eigenvalue weighted by atomic mass is 9.99. The van der Waals surface area contributed by atoms with Crippen molar-refractivity contribution in [1.29, 1.82) is 0 Å². The van der Waals surface area contributed by atoms with Crippen LogP contribution in [0.25, 0.3) is 0 Å². The van der Waals surface area contributed by atoms with Crippen LogP contribution in [-0.4, -0.2) is 49.9 Å². The second kappa shape index (κ2) is 3.70. The Morgan fingerprint density at radius 2 is 1.83 bits per heavy atom. The van der Waals surface area contributed by atoms with E-state index in [-0.39, 0.29) is 5.66 Å². The molecule has 4 nitrogen and oxygen atoms in total. The molecule has 0 aromatic rings. The van der Waals surface area contributed by atoms with E-state index in [9.17, 15) is 0 Å². The number of piperidine rings is 1. The van der Waals surface area contributed by atoms with Gasteiger partial charge in [-0.15, -0.1) is 0 Å². The third kappa shape index (κ3) is 2.17. The smallest absolute Gasteiger partial charge is 0.0685 e. The van der Waals surface area contributed by atoms with E-state index in [2.05, 4.69) is 29.4 Å². The van der Waals surface area contributed by atoms with Crippen LogP contribution in [0.4, 0.5) is 0 Å². The fourth-order valence-electron chi connectivity index (χ4n) is 1.54. The summed E-state index contributed by atoms with van der Waals surface area (Å²) in [4.78, 5) is 0. The summed E-state index contributed by atoms with van der Waals surface area (Å²) in [7, 11) is 6.08. The standard InChI is InChI=1S/C8H20N4/c1-10-8(9)4-6-12(7-5-8)11(2)3/h10H,4-7,9H2,1-3H3. The molecule has 3 N–H and O–H groups in total. The molecule has 1 aliphatic heterocycles. The summed E-state index contributed by atoms with van der Waals surface area (Å²) in [5.41, 5.74) is 5.93. The molecule has 1 aliphatic rings. The monoisotopic (exact) mass is 172 g/mol. The highest BCUT2D eigenvalue weighted by Gasteiger charge is 2.29. The lowest BCUT2D eigenvalue weighted by Gasteiger charge is -2.41. The first-order valence-corrected chi connectivity index (χ1v) is 4.47. The summed E-state index contributed by atoms with van der Waals surface area (Å²) in [5, 5.41) is 7.61. The van der Waals surface area contributed by atoms with Gasteiger partial charge in [0.25, 0.3) is 0 Å². The van der Waals surface area contributed by atoms with E-state index in [4.69, 9.17) is 5.73 Å². The molecule has 0 saturated carbocycles. The van der Waals surface area contributed by atoms with E-state index in [1.54, 1.807) is 0 Å². The van der Waals surface area contributed by atoms with Crippen LogP contribution in [0.3, 0.4) is 0 Å². The molecule has 0 aromatic carbocycles. The second-order valence-corrected chi connectivity index (χ2v) is 3.71. The van der Waals surface area contributed by atoms with Crippen LogP contribution in [0.1, 0.15) is 12.8 Å². The molecule has 12 heavy (non-hydrogen) atoms. The molecule has 0 atom stereocenters. The lowest BCUT2D eigenvalue weighted by Crippen LogP contribution is -2.60. The Bertz CT molecular complexity index is 138. The zero-order valence-corrected chi connectivity index (χ0v) is 8.30. The van der Waals surface area contributed by atoms with Gasteiger partial charge in [-0.05, 0) is 19.9 Å². The topological polar surface area (TPSA) is 44.5 Å². The summed E-state index contributed by atoms with van der Waals surface area (Å²) in [6, 6.07) is 0. The Labute approximate surface area is 74.7 Å². The maximum absolute atomic E-state index is 6.06. The van der Waals surface area contributed by atoms with Gasteiger partial charge in [-0.2, -0.15) is 0 Å². The first-order chi connectivity index (χ1) is 5.57. The van der Waals surface area contributed by atoms with Crippen LogP contribution in [0, 0.1) is 0 Å². The third-order valence-corrected chi connectivity index (χ3v) is 2.70. The van der Waals surface area contributed by atoms with Crippen molar-refractivity contribution in [3.05, 3.63) is 0 Å². The van der Waals surface area contributed by atoms with Gasteiger partial charge in [0.1, 0.15) is 0 Å². The minimum Gasteiger partial charge on any atom is -0.313 e. The van der Waals surface area contributed by atoms with Crippen molar-refractivity contribution >= 4 is 0 Å². The Kier molecular flexibility index (Phi) is 3.06. The van der Waals surface area contributed by atoms with Gasteiger partial charge in [-0.3, -0.25) is 0 Å². The molecular formula is C8H20N4. The molecule has 4 heteroatoms. The Balaban J connectivity index is 2.39. The highest BCUT2D eigenvalue weighted by atomic mass is 15.6. The van der Waals surface area contributed by atoms with Crippen molar-refractivity contribution in [2.45, 2.75) is 18.5 Å². The van der Waals surface area contributed by atoms with E-state index >= 15 is 0 Å². The number of nitrogens with zero attached hydrogens (tertiary/aromatic N) is 2. The molecule has 0 aliphatic carbocycles. The normalized spacial score (nSPS) is 24.8. The van der Waals surface area contributed by atoms with Crippen LogP contribution < -0.4 is 11.1 Å². The van der Waals surface area contributed by atoms with Crippen molar-refractivity contribution in [2.75, 3.05) is 34.2 Å². The lowest BCUT2D eigenvalue weighted by molar-refractivity contribution is -0.0166. The summed E-state index contributed by atoms with van der Waals surface area (Å²) in [6.45, 7) is 2.09. The highest BCUT2D eigenvalue weighted by Crippen LogP contribution is 2.16. The van der Waals surface area contributed by atoms with Gasteiger partial charge in [-0.1, -0.05) is 0 Å². The molecule has 1 fully saturated rings. The van der Waals surface area contributed by atoms with Gasteiger partial charge in [0.05, 0.1) is 5.66 Å². The van der Waals surface area contributed by atoms with Gasteiger partial charge in [0.15, 0.2) is 0 Å². The number of hydrogen-bond acceptors (Lipinski definition) is 4. The molecule has 0 aromatic heterocycles. The van der Waals surface area contributed by atoms with E-state index in [0.717, 1.165) is 25.9 Å². The SMILES string of the molecule is CNC1(N)CCN(N(C)C)CC1. The minimum atomic E-state index is -0.132. The van der Waals surface area contributed by atoms with Crippen LogP contribution in [0.2, 0.25) is 0 Å². The molecular weight excluding hydrogens is 152 g/mol. The highest BCUT2D eigenvalue weighted by molar-refractivity contribution is 4.85. The van der Waals surface area contributed by atoms with Gasteiger partial charge < -0.3 is 11.1 Å².